The maximum Gasteiger partial charge on any atom is 0.194 e. The molecule has 0 saturated carbocycles. The molecule has 1 saturated heterocycles. The minimum Gasteiger partial charge on any atom is -0.357 e. The zero-order chi connectivity index (χ0) is 20.9. The highest BCUT2D eigenvalue weighted by Crippen LogP contribution is 2.26. The molecule has 0 aliphatic carbocycles. The van der Waals surface area contributed by atoms with E-state index in [-0.39, 0.29) is 11.6 Å². The van der Waals surface area contributed by atoms with Crippen LogP contribution in [0.2, 0.25) is 0 Å². The summed E-state index contributed by atoms with van der Waals surface area (Å²) in [4.78, 5) is 7.38. The first-order valence-corrected chi connectivity index (χ1v) is 10.7. The average molecular weight is 397 g/mol. The molecule has 2 aromatic rings. The number of aromatic nitrogens is 2. The average Bonchev–Trinajstić information content (AvgIpc) is 3.34. The number of aryl methyl sites for hydroxylation is 1. The number of likely N-dealkylation sites (tertiary alicyclic amines) is 1. The Morgan fingerprint density at radius 2 is 2.07 bits per heavy atom. The number of aliphatic imine (C=N–C) groups is 1. The molecule has 0 bridgehead atoms. The molecule has 1 aromatic heterocycles. The predicted molar refractivity (Wildman–Crippen MR) is 120 cm³/mol. The van der Waals surface area contributed by atoms with E-state index < -0.39 is 0 Å². The van der Waals surface area contributed by atoms with Gasteiger partial charge in [0, 0.05) is 50.4 Å². The number of hydrogen-bond donors (Lipinski definition) is 2. The van der Waals surface area contributed by atoms with Crippen molar-refractivity contribution in [1.29, 1.82) is 0 Å². The molecule has 0 radical (unpaired) electrons. The Morgan fingerprint density at radius 3 is 2.72 bits per heavy atom. The monoisotopic (exact) mass is 396 g/mol. The van der Waals surface area contributed by atoms with E-state index in [1.807, 2.05) is 17.9 Å². The molecule has 6 nitrogen and oxygen atoms in total. The SMILES string of the molecule is CCNC(=NCC(C)(C)NC(C)c1ccccc1)N1CCC(c2cnn(C)c2)C1. The van der Waals surface area contributed by atoms with E-state index in [1.165, 1.54) is 11.1 Å². The van der Waals surface area contributed by atoms with Crippen molar-refractivity contribution in [3.05, 3.63) is 53.9 Å². The van der Waals surface area contributed by atoms with E-state index in [0.29, 0.717) is 5.92 Å². The molecule has 1 aliphatic heterocycles. The van der Waals surface area contributed by atoms with E-state index in [9.17, 15) is 0 Å². The second-order valence-electron chi connectivity index (χ2n) is 8.71. The molecular weight excluding hydrogens is 360 g/mol. The summed E-state index contributed by atoms with van der Waals surface area (Å²) in [5, 5.41) is 11.6. The van der Waals surface area contributed by atoms with Crippen LogP contribution in [0.25, 0.3) is 0 Å². The molecule has 1 aromatic carbocycles. The van der Waals surface area contributed by atoms with Crippen LogP contribution in [-0.2, 0) is 7.05 Å². The Bertz CT molecular complexity index is 795. The van der Waals surface area contributed by atoms with Crippen molar-refractivity contribution in [2.45, 2.75) is 51.6 Å². The predicted octanol–water partition coefficient (Wildman–Crippen LogP) is 3.30. The maximum absolute atomic E-state index is 5.00. The maximum atomic E-state index is 5.00. The molecule has 158 valence electrons. The third-order valence-electron chi connectivity index (χ3n) is 5.55. The second-order valence-corrected chi connectivity index (χ2v) is 8.71. The molecule has 0 amide bonds. The van der Waals surface area contributed by atoms with Crippen molar-refractivity contribution in [2.24, 2.45) is 12.0 Å². The first kappa shape index (κ1) is 21.4. The van der Waals surface area contributed by atoms with Crippen molar-refractivity contribution in [2.75, 3.05) is 26.2 Å². The van der Waals surface area contributed by atoms with Gasteiger partial charge in [-0.25, -0.2) is 0 Å². The minimum absolute atomic E-state index is 0.0988. The number of guanidine groups is 1. The zero-order valence-electron chi connectivity index (χ0n) is 18.5. The first-order chi connectivity index (χ1) is 13.9. The molecule has 1 fully saturated rings. The van der Waals surface area contributed by atoms with E-state index in [4.69, 9.17) is 4.99 Å². The van der Waals surface area contributed by atoms with Gasteiger partial charge >= 0.3 is 0 Å². The smallest absolute Gasteiger partial charge is 0.194 e. The van der Waals surface area contributed by atoms with E-state index in [2.05, 4.69) is 84.9 Å². The third-order valence-corrected chi connectivity index (χ3v) is 5.55. The Morgan fingerprint density at radius 1 is 1.31 bits per heavy atom. The molecule has 0 spiro atoms. The van der Waals surface area contributed by atoms with E-state index in [0.717, 1.165) is 38.6 Å². The van der Waals surface area contributed by atoms with Gasteiger partial charge in [0.2, 0.25) is 0 Å². The first-order valence-electron chi connectivity index (χ1n) is 10.7. The van der Waals surface area contributed by atoms with Crippen molar-refractivity contribution in [3.63, 3.8) is 0 Å². The van der Waals surface area contributed by atoms with Gasteiger partial charge in [-0.15, -0.1) is 0 Å². The van der Waals surface area contributed by atoms with Crippen LogP contribution in [0.3, 0.4) is 0 Å². The molecule has 2 N–H and O–H groups in total. The number of rotatable bonds is 7. The quantitative estimate of drug-likeness (QED) is 0.557. The number of nitrogens with zero attached hydrogens (tertiary/aromatic N) is 4. The van der Waals surface area contributed by atoms with Crippen molar-refractivity contribution < 1.29 is 0 Å². The Labute approximate surface area is 175 Å². The van der Waals surface area contributed by atoms with Crippen LogP contribution < -0.4 is 10.6 Å². The largest absolute Gasteiger partial charge is 0.357 e. The summed E-state index contributed by atoms with van der Waals surface area (Å²) in [5.41, 5.74) is 2.53. The molecule has 6 heteroatoms. The van der Waals surface area contributed by atoms with Gasteiger partial charge in [-0.3, -0.25) is 9.67 Å². The topological polar surface area (TPSA) is 57.5 Å². The summed E-state index contributed by atoms with van der Waals surface area (Å²) < 4.78 is 1.89. The lowest BCUT2D eigenvalue weighted by Crippen LogP contribution is -2.46. The molecule has 2 atom stereocenters. The van der Waals surface area contributed by atoms with Gasteiger partial charge in [0.05, 0.1) is 12.7 Å². The van der Waals surface area contributed by atoms with Gasteiger partial charge in [0.15, 0.2) is 5.96 Å². The van der Waals surface area contributed by atoms with Crippen LogP contribution in [0.4, 0.5) is 0 Å². The van der Waals surface area contributed by atoms with Gasteiger partial charge < -0.3 is 15.5 Å². The zero-order valence-corrected chi connectivity index (χ0v) is 18.5. The van der Waals surface area contributed by atoms with Gasteiger partial charge in [0.25, 0.3) is 0 Å². The summed E-state index contributed by atoms with van der Waals surface area (Å²) in [6.07, 6.45) is 5.27. The van der Waals surface area contributed by atoms with Crippen molar-refractivity contribution in [1.82, 2.24) is 25.3 Å². The standard InChI is InChI=1S/C23H36N6/c1-6-24-22(29-13-12-20(16-29)21-14-26-28(5)15-21)25-17-23(3,4)27-18(2)19-10-8-7-9-11-19/h7-11,14-15,18,20,27H,6,12-13,16-17H2,1-5H3,(H,24,25). The fourth-order valence-electron chi connectivity index (χ4n) is 4.03. The van der Waals surface area contributed by atoms with Gasteiger partial charge in [-0.2, -0.15) is 5.10 Å². The van der Waals surface area contributed by atoms with Crippen LogP contribution in [0.5, 0.6) is 0 Å². The summed E-state index contributed by atoms with van der Waals surface area (Å²) in [6, 6.07) is 10.9. The molecule has 1 aliphatic rings. The van der Waals surface area contributed by atoms with Gasteiger partial charge in [-0.05, 0) is 45.2 Å². The van der Waals surface area contributed by atoms with Crippen molar-refractivity contribution >= 4 is 5.96 Å². The van der Waals surface area contributed by atoms with Gasteiger partial charge in [-0.1, -0.05) is 30.3 Å². The van der Waals surface area contributed by atoms with Crippen LogP contribution in [0.15, 0.2) is 47.7 Å². The molecule has 3 rings (SSSR count). The second kappa shape index (κ2) is 9.44. The van der Waals surface area contributed by atoms with Crippen LogP contribution in [-0.4, -0.2) is 52.4 Å². The Balaban J connectivity index is 1.62. The van der Waals surface area contributed by atoms with E-state index >= 15 is 0 Å². The lowest BCUT2D eigenvalue weighted by molar-refractivity contribution is 0.354. The normalized spacial score (nSPS) is 18.9. The summed E-state index contributed by atoms with van der Waals surface area (Å²) in [6.45, 7) is 12.4. The Kier molecular flexibility index (Phi) is 6.96. The lowest BCUT2D eigenvalue weighted by atomic mass is 10.0. The van der Waals surface area contributed by atoms with Crippen LogP contribution >= 0.6 is 0 Å². The molecule has 2 unspecified atom stereocenters. The van der Waals surface area contributed by atoms with Crippen molar-refractivity contribution in [3.8, 4) is 0 Å². The summed E-state index contributed by atoms with van der Waals surface area (Å²) in [5.74, 6) is 1.54. The third kappa shape index (κ3) is 5.82. The fourth-order valence-corrected chi connectivity index (χ4v) is 4.03. The lowest BCUT2D eigenvalue weighted by Gasteiger charge is -2.30. The number of hydrogen-bond acceptors (Lipinski definition) is 3. The highest BCUT2D eigenvalue weighted by Gasteiger charge is 2.28. The number of benzene rings is 1. The summed E-state index contributed by atoms with van der Waals surface area (Å²) >= 11 is 0. The van der Waals surface area contributed by atoms with Gasteiger partial charge in [0.1, 0.15) is 0 Å². The van der Waals surface area contributed by atoms with E-state index in [1.54, 1.807) is 0 Å². The fraction of sp³-hybridized carbons (Fsp3) is 0.565. The highest BCUT2D eigenvalue weighted by atomic mass is 15.3. The van der Waals surface area contributed by atoms with Crippen LogP contribution in [0, 0.1) is 0 Å². The number of nitrogens with one attached hydrogen (secondary N) is 2. The van der Waals surface area contributed by atoms with Crippen LogP contribution in [0.1, 0.15) is 57.2 Å². The Hall–Kier alpha value is -2.34. The summed E-state index contributed by atoms with van der Waals surface area (Å²) in [7, 11) is 1.98. The molecular formula is C23H36N6. The minimum atomic E-state index is -0.0988. The molecule has 2 heterocycles. The highest BCUT2D eigenvalue weighted by molar-refractivity contribution is 5.80. The molecule has 29 heavy (non-hydrogen) atoms.